The molecule has 1 heterocycles. The highest BCUT2D eigenvalue weighted by atomic mass is 32.2. The van der Waals surface area contributed by atoms with E-state index in [9.17, 15) is 9.59 Å². The molecule has 0 aromatic heterocycles. The molecule has 1 aliphatic heterocycles. The number of methoxy groups -OCH3 is 1. The number of hydrogen-bond donors (Lipinski definition) is 0. The van der Waals surface area contributed by atoms with Crippen molar-refractivity contribution in [2.75, 3.05) is 19.4 Å². The highest BCUT2D eigenvalue weighted by Gasteiger charge is 2.32. The summed E-state index contributed by atoms with van der Waals surface area (Å²) in [4.78, 5) is 25.4. The molecule has 1 saturated heterocycles. The van der Waals surface area contributed by atoms with E-state index in [2.05, 4.69) is 13.8 Å². The predicted octanol–water partition coefficient (Wildman–Crippen LogP) is 3.09. The Morgan fingerprint density at radius 1 is 1.38 bits per heavy atom. The molecule has 114 valence electrons. The predicted molar refractivity (Wildman–Crippen MR) is 84.1 cm³/mol. The number of ether oxygens (including phenoxy) is 1. The van der Waals surface area contributed by atoms with E-state index >= 15 is 0 Å². The quantitative estimate of drug-likeness (QED) is 0.784. The van der Waals surface area contributed by atoms with Gasteiger partial charge in [0.25, 0.3) is 0 Å². The Morgan fingerprint density at radius 3 is 2.62 bits per heavy atom. The summed E-state index contributed by atoms with van der Waals surface area (Å²) >= 11 is 1.64. The van der Waals surface area contributed by atoms with Gasteiger partial charge in [0, 0.05) is 6.54 Å². The highest BCUT2D eigenvalue weighted by molar-refractivity contribution is 8.00. The first-order chi connectivity index (χ1) is 10.0. The lowest BCUT2D eigenvalue weighted by atomic mass is 10.1. The zero-order valence-corrected chi connectivity index (χ0v) is 13.5. The van der Waals surface area contributed by atoms with Crippen LogP contribution >= 0.6 is 11.8 Å². The molecule has 1 aromatic carbocycles. The van der Waals surface area contributed by atoms with E-state index in [1.54, 1.807) is 23.9 Å². The molecular formula is C16H21NO3S. The van der Waals surface area contributed by atoms with Gasteiger partial charge in [0.2, 0.25) is 5.91 Å². The fraction of sp³-hybridized carbons (Fsp3) is 0.500. The van der Waals surface area contributed by atoms with Crippen LogP contribution in [0.25, 0.3) is 0 Å². The van der Waals surface area contributed by atoms with Crippen LogP contribution in [0.4, 0.5) is 0 Å². The zero-order valence-electron chi connectivity index (χ0n) is 12.7. The molecular weight excluding hydrogens is 286 g/mol. The standard InChI is InChI=1S/C16H21NO3S/c1-11(2)8-9-17-14(18)10-21-15(17)12-4-6-13(7-5-12)16(19)20-3/h4-7,11,15H,8-10H2,1-3H3/t15-/m1/s1. The third kappa shape index (κ3) is 3.79. The van der Waals surface area contributed by atoms with Crippen molar-refractivity contribution in [2.24, 2.45) is 5.92 Å². The van der Waals surface area contributed by atoms with Crippen LogP contribution in [0.15, 0.2) is 24.3 Å². The molecule has 0 aliphatic carbocycles. The van der Waals surface area contributed by atoms with E-state index in [0.717, 1.165) is 18.5 Å². The van der Waals surface area contributed by atoms with Crippen molar-refractivity contribution in [1.29, 1.82) is 0 Å². The fourth-order valence-electron chi connectivity index (χ4n) is 2.27. The summed E-state index contributed by atoms with van der Waals surface area (Å²) in [6.07, 6.45) is 1.00. The minimum atomic E-state index is -0.339. The van der Waals surface area contributed by atoms with Gasteiger partial charge in [0.05, 0.1) is 18.4 Å². The number of carbonyl (C=O) groups is 2. The molecule has 21 heavy (non-hydrogen) atoms. The summed E-state index contributed by atoms with van der Waals surface area (Å²) in [6, 6.07) is 7.33. The highest BCUT2D eigenvalue weighted by Crippen LogP contribution is 2.38. The molecule has 0 spiro atoms. The van der Waals surface area contributed by atoms with Gasteiger partial charge in [0.1, 0.15) is 5.37 Å². The summed E-state index contributed by atoms with van der Waals surface area (Å²) < 4.78 is 4.70. The second-order valence-electron chi connectivity index (χ2n) is 5.55. The monoisotopic (exact) mass is 307 g/mol. The lowest BCUT2D eigenvalue weighted by molar-refractivity contribution is -0.128. The molecule has 1 fully saturated rings. The van der Waals surface area contributed by atoms with E-state index in [-0.39, 0.29) is 17.3 Å². The molecule has 0 bridgehead atoms. The molecule has 1 aliphatic rings. The van der Waals surface area contributed by atoms with Crippen molar-refractivity contribution in [3.05, 3.63) is 35.4 Å². The topological polar surface area (TPSA) is 46.6 Å². The Morgan fingerprint density at radius 2 is 2.05 bits per heavy atom. The van der Waals surface area contributed by atoms with Crippen molar-refractivity contribution < 1.29 is 14.3 Å². The van der Waals surface area contributed by atoms with Gasteiger partial charge in [-0.3, -0.25) is 4.79 Å². The van der Waals surface area contributed by atoms with Gasteiger partial charge in [-0.2, -0.15) is 0 Å². The summed E-state index contributed by atoms with van der Waals surface area (Å²) in [5.74, 6) is 0.962. The van der Waals surface area contributed by atoms with Crippen LogP contribution in [0.1, 0.15) is 41.6 Å². The Kier molecular flexibility index (Phi) is 5.28. The first kappa shape index (κ1) is 15.9. The number of amides is 1. The number of rotatable bonds is 5. The molecule has 0 saturated carbocycles. The summed E-state index contributed by atoms with van der Waals surface area (Å²) in [5, 5.41) is 0.0583. The number of benzene rings is 1. The van der Waals surface area contributed by atoms with Gasteiger partial charge >= 0.3 is 5.97 Å². The van der Waals surface area contributed by atoms with E-state index in [0.29, 0.717) is 17.2 Å². The van der Waals surface area contributed by atoms with E-state index in [1.165, 1.54) is 7.11 Å². The largest absolute Gasteiger partial charge is 0.465 e. The van der Waals surface area contributed by atoms with Crippen molar-refractivity contribution in [1.82, 2.24) is 4.90 Å². The third-order valence-corrected chi connectivity index (χ3v) is 4.79. The van der Waals surface area contributed by atoms with Gasteiger partial charge in [-0.15, -0.1) is 11.8 Å². The van der Waals surface area contributed by atoms with E-state index < -0.39 is 0 Å². The average Bonchev–Trinajstić information content (AvgIpc) is 2.85. The molecule has 4 nitrogen and oxygen atoms in total. The molecule has 0 N–H and O–H groups in total. The van der Waals surface area contributed by atoms with Crippen LogP contribution in [0.2, 0.25) is 0 Å². The van der Waals surface area contributed by atoms with Gasteiger partial charge in [-0.1, -0.05) is 26.0 Å². The SMILES string of the molecule is COC(=O)c1ccc([C@H]2SCC(=O)N2CCC(C)C)cc1. The third-order valence-electron chi connectivity index (χ3n) is 3.53. The van der Waals surface area contributed by atoms with Crippen LogP contribution < -0.4 is 0 Å². The van der Waals surface area contributed by atoms with Gasteiger partial charge < -0.3 is 9.64 Å². The Labute approximate surface area is 129 Å². The maximum Gasteiger partial charge on any atom is 0.337 e. The van der Waals surface area contributed by atoms with Crippen molar-refractivity contribution in [3.8, 4) is 0 Å². The Hall–Kier alpha value is -1.49. The van der Waals surface area contributed by atoms with Crippen LogP contribution in [0, 0.1) is 5.92 Å². The normalized spacial score (nSPS) is 18.4. The van der Waals surface area contributed by atoms with Crippen molar-refractivity contribution in [3.63, 3.8) is 0 Å². The van der Waals surface area contributed by atoms with Crippen LogP contribution in [0.5, 0.6) is 0 Å². The maximum atomic E-state index is 12.0. The number of hydrogen-bond acceptors (Lipinski definition) is 4. The molecule has 2 rings (SSSR count). The zero-order chi connectivity index (χ0) is 15.4. The first-order valence-corrected chi connectivity index (χ1v) is 8.17. The summed E-state index contributed by atoms with van der Waals surface area (Å²) in [6.45, 7) is 5.11. The minimum absolute atomic E-state index is 0.0583. The second kappa shape index (κ2) is 6.98. The number of thioether (sulfide) groups is 1. The fourth-order valence-corrected chi connectivity index (χ4v) is 3.49. The van der Waals surface area contributed by atoms with Crippen molar-refractivity contribution in [2.45, 2.75) is 25.6 Å². The molecule has 1 amide bonds. The van der Waals surface area contributed by atoms with E-state index in [1.807, 2.05) is 17.0 Å². The molecule has 0 unspecified atom stereocenters. The minimum Gasteiger partial charge on any atom is -0.465 e. The lowest BCUT2D eigenvalue weighted by Gasteiger charge is -2.25. The molecule has 0 radical (unpaired) electrons. The summed E-state index contributed by atoms with van der Waals surface area (Å²) in [7, 11) is 1.37. The first-order valence-electron chi connectivity index (χ1n) is 7.12. The van der Waals surface area contributed by atoms with Crippen LogP contribution in [-0.2, 0) is 9.53 Å². The number of nitrogens with zero attached hydrogens (tertiary/aromatic N) is 1. The molecule has 5 heteroatoms. The van der Waals surface area contributed by atoms with E-state index in [4.69, 9.17) is 4.74 Å². The number of esters is 1. The lowest BCUT2D eigenvalue weighted by Crippen LogP contribution is -2.29. The van der Waals surface area contributed by atoms with Crippen LogP contribution in [0.3, 0.4) is 0 Å². The van der Waals surface area contributed by atoms with Crippen LogP contribution in [-0.4, -0.2) is 36.2 Å². The Bertz CT molecular complexity index is 513. The maximum absolute atomic E-state index is 12.0. The van der Waals surface area contributed by atoms with Crippen molar-refractivity contribution >= 4 is 23.6 Å². The van der Waals surface area contributed by atoms with Gasteiger partial charge in [0.15, 0.2) is 0 Å². The second-order valence-corrected chi connectivity index (χ2v) is 6.62. The van der Waals surface area contributed by atoms with Gasteiger partial charge in [-0.25, -0.2) is 4.79 Å². The molecule has 1 aromatic rings. The Balaban J connectivity index is 2.12. The number of carbonyl (C=O) groups excluding carboxylic acids is 2. The van der Waals surface area contributed by atoms with Gasteiger partial charge in [-0.05, 0) is 30.0 Å². The summed E-state index contributed by atoms with van der Waals surface area (Å²) in [5.41, 5.74) is 1.59. The average molecular weight is 307 g/mol. The molecule has 1 atom stereocenters. The smallest absolute Gasteiger partial charge is 0.337 e.